The van der Waals surface area contributed by atoms with Crippen molar-refractivity contribution in [3.05, 3.63) is 0 Å². The van der Waals surface area contributed by atoms with Gasteiger partial charge in [0.25, 0.3) is 10.1 Å². The van der Waals surface area contributed by atoms with E-state index >= 15 is 0 Å². The normalized spacial score (nSPS) is 16.3. The van der Waals surface area contributed by atoms with Gasteiger partial charge < -0.3 is 0 Å². The Morgan fingerprint density at radius 2 is 1.87 bits per heavy atom. The van der Waals surface area contributed by atoms with E-state index < -0.39 is 15.5 Å². The molecule has 0 saturated heterocycles. The molecule has 0 spiro atoms. The van der Waals surface area contributed by atoms with Crippen molar-refractivity contribution in [2.45, 2.75) is 64.3 Å². The molecule has 0 aliphatic heterocycles. The Morgan fingerprint density at radius 1 is 1.27 bits per heavy atom. The molecular weight excluding hydrogens is 214 g/mol. The lowest BCUT2D eigenvalue weighted by molar-refractivity contribution is 0.407. The molecule has 0 saturated carbocycles. The van der Waals surface area contributed by atoms with Crippen molar-refractivity contribution in [2.75, 3.05) is 0 Å². The average Bonchev–Trinajstić information content (AvgIpc) is 2.14. The first-order chi connectivity index (χ1) is 6.91. The van der Waals surface area contributed by atoms with Gasteiger partial charge in [-0.15, -0.1) is 0 Å². The summed E-state index contributed by atoms with van der Waals surface area (Å²) in [5, 5.41) is 2.06. The van der Waals surface area contributed by atoms with Gasteiger partial charge in [-0.1, -0.05) is 33.1 Å². The maximum Gasteiger partial charge on any atom is 0.280 e. The zero-order valence-electron chi connectivity index (χ0n) is 9.86. The van der Waals surface area contributed by atoms with Crippen molar-refractivity contribution in [2.24, 2.45) is 0 Å². The van der Waals surface area contributed by atoms with E-state index in [4.69, 9.17) is 4.55 Å². The summed E-state index contributed by atoms with van der Waals surface area (Å²) in [7, 11) is -3.95. The summed E-state index contributed by atoms with van der Waals surface area (Å²) in [5.74, 6) is 0. The van der Waals surface area contributed by atoms with Gasteiger partial charge in [-0.05, 0) is 19.8 Å². The van der Waals surface area contributed by atoms with Crippen LogP contribution < -0.4 is 5.32 Å². The molecule has 2 atom stereocenters. The zero-order valence-corrected chi connectivity index (χ0v) is 10.7. The van der Waals surface area contributed by atoms with Gasteiger partial charge in [0.2, 0.25) is 0 Å². The Balaban J connectivity index is 3.99. The van der Waals surface area contributed by atoms with Crippen LogP contribution in [0.15, 0.2) is 0 Å². The van der Waals surface area contributed by atoms with Crippen LogP contribution in [-0.2, 0) is 10.1 Å². The second kappa shape index (κ2) is 7.19. The maximum atomic E-state index is 10.8. The van der Waals surface area contributed by atoms with Crippen LogP contribution in [0.1, 0.15) is 52.9 Å². The number of hydrogen-bond acceptors (Lipinski definition) is 3. The van der Waals surface area contributed by atoms with E-state index in [1.165, 1.54) is 13.3 Å². The third-order valence-electron chi connectivity index (χ3n) is 2.57. The molecule has 0 rings (SSSR count). The van der Waals surface area contributed by atoms with E-state index in [0.29, 0.717) is 0 Å². The van der Waals surface area contributed by atoms with Crippen LogP contribution in [0.4, 0.5) is 0 Å². The van der Waals surface area contributed by atoms with Crippen molar-refractivity contribution in [1.82, 2.24) is 5.32 Å². The quantitative estimate of drug-likeness (QED) is 0.501. The lowest BCUT2D eigenvalue weighted by Crippen LogP contribution is -2.40. The topological polar surface area (TPSA) is 66.4 Å². The fourth-order valence-electron chi connectivity index (χ4n) is 1.46. The Hall–Kier alpha value is -0.130. The van der Waals surface area contributed by atoms with Crippen molar-refractivity contribution in [1.29, 1.82) is 0 Å². The predicted octanol–water partition coefficient (Wildman–Crippen LogP) is 2.17. The van der Waals surface area contributed by atoms with Crippen LogP contribution in [0.25, 0.3) is 0 Å². The third-order valence-corrected chi connectivity index (χ3v) is 3.60. The van der Waals surface area contributed by atoms with Gasteiger partial charge in [0.1, 0.15) is 5.37 Å². The highest BCUT2D eigenvalue weighted by Crippen LogP contribution is 2.08. The Labute approximate surface area is 93.2 Å². The minimum Gasteiger partial charge on any atom is -0.297 e. The summed E-state index contributed by atoms with van der Waals surface area (Å²) in [6.07, 6.45) is 5.26. The standard InChI is InChI=1S/C10H23NO3S/c1-4-6-7-8-10(5-2)11-9(3)15(12,13)14/h9-11H,4-8H2,1-3H3,(H,12,13,14). The molecule has 0 aromatic carbocycles. The van der Waals surface area contributed by atoms with Gasteiger partial charge >= 0.3 is 0 Å². The second-order valence-corrected chi connectivity index (χ2v) is 5.66. The highest BCUT2D eigenvalue weighted by atomic mass is 32.2. The van der Waals surface area contributed by atoms with Crippen molar-refractivity contribution in [3.8, 4) is 0 Å². The molecule has 0 aromatic rings. The fraction of sp³-hybridized carbons (Fsp3) is 1.00. The molecule has 2 unspecified atom stereocenters. The smallest absolute Gasteiger partial charge is 0.280 e. The van der Waals surface area contributed by atoms with E-state index in [-0.39, 0.29) is 6.04 Å². The zero-order chi connectivity index (χ0) is 11.9. The molecule has 0 radical (unpaired) electrons. The number of hydrogen-bond donors (Lipinski definition) is 2. The molecule has 15 heavy (non-hydrogen) atoms. The second-order valence-electron chi connectivity index (χ2n) is 3.92. The lowest BCUT2D eigenvalue weighted by Gasteiger charge is -2.20. The summed E-state index contributed by atoms with van der Waals surface area (Å²) in [5.41, 5.74) is 0. The molecule has 92 valence electrons. The van der Waals surface area contributed by atoms with E-state index in [0.717, 1.165) is 25.7 Å². The van der Waals surface area contributed by atoms with Gasteiger partial charge in [0, 0.05) is 6.04 Å². The van der Waals surface area contributed by atoms with E-state index in [1.807, 2.05) is 6.92 Å². The van der Waals surface area contributed by atoms with Gasteiger partial charge in [0.15, 0.2) is 0 Å². The Kier molecular flexibility index (Phi) is 7.13. The molecule has 5 heteroatoms. The van der Waals surface area contributed by atoms with Crippen LogP contribution >= 0.6 is 0 Å². The van der Waals surface area contributed by atoms with E-state index in [2.05, 4.69) is 12.2 Å². The lowest BCUT2D eigenvalue weighted by atomic mass is 10.1. The molecule has 4 nitrogen and oxygen atoms in total. The minimum atomic E-state index is -3.95. The summed E-state index contributed by atoms with van der Waals surface area (Å²) in [4.78, 5) is 0. The van der Waals surface area contributed by atoms with Crippen LogP contribution in [0.2, 0.25) is 0 Å². The first-order valence-electron chi connectivity index (χ1n) is 5.64. The predicted molar refractivity (Wildman–Crippen MR) is 62.4 cm³/mol. The summed E-state index contributed by atoms with van der Waals surface area (Å²) in [6, 6.07) is 0.175. The first kappa shape index (κ1) is 14.9. The maximum absolute atomic E-state index is 10.8. The molecular formula is C10H23NO3S. The highest BCUT2D eigenvalue weighted by Gasteiger charge is 2.19. The fourth-order valence-corrected chi connectivity index (χ4v) is 1.83. The van der Waals surface area contributed by atoms with Crippen LogP contribution in [-0.4, -0.2) is 24.4 Å². The average molecular weight is 237 g/mol. The Bertz CT molecular complexity index is 251. The molecule has 0 aliphatic carbocycles. The van der Waals surface area contributed by atoms with Crippen LogP contribution in [0.5, 0.6) is 0 Å². The number of nitrogens with one attached hydrogen (secondary N) is 1. The first-order valence-corrected chi connectivity index (χ1v) is 7.14. The molecule has 0 fully saturated rings. The molecule has 0 bridgehead atoms. The van der Waals surface area contributed by atoms with E-state index in [9.17, 15) is 8.42 Å². The van der Waals surface area contributed by atoms with Crippen LogP contribution in [0.3, 0.4) is 0 Å². The van der Waals surface area contributed by atoms with Gasteiger partial charge in [-0.3, -0.25) is 9.87 Å². The molecule has 2 N–H and O–H groups in total. The largest absolute Gasteiger partial charge is 0.297 e. The van der Waals surface area contributed by atoms with Crippen molar-refractivity contribution in [3.63, 3.8) is 0 Å². The SMILES string of the molecule is CCCCCC(CC)NC(C)S(=O)(=O)O. The number of rotatable bonds is 8. The highest BCUT2D eigenvalue weighted by molar-refractivity contribution is 7.86. The van der Waals surface area contributed by atoms with Crippen molar-refractivity contribution >= 4 is 10.1 Å². The van der Waals surface area contributed by atoms with Gasteiger partial charge in [-0.25, -0.2) is 0 Å². The molecule has 0 amide bonds. The molecule has 0 heterocycles. The summed E-state index contributed by atoms with van der Waals surface area (Å²) < 4.78 is 30.4. The minimum absolute atomic E-state index is 0.175. The summed E-state index contributed by atoms with van der Waals surface area (Å²) >= 11 is 0. The monoisotopic (exact) mass is 237 g/mol. The number of unbranched alkanes of at least 4 members (excludes halogenated alkanes) is 2. The molecule has 0 aromatic heterocycles. The van der Waals surface area contributed by atoms with E-state index in [1.54, 1.807) is 0 Å². The molecule has 0 aliphatic rings. The van der Waals surface area contributed by atoms with Gasteiger partial charge in [0.05, 0.1) is 0 Å². The van der Waals surface area contributed by atoms with Crippen molar-refractivity contribution < 1.29 is 13.0 Å². The summed E-state index contributed by atoms with van der Waals surface area (Å²) in [6.45, 7) is 5.62. The third kappa shape index (κ3) is 6.87. The van der Waals surface area contributed by atoms with Crippen LogP contribution in [0, 0.1) is 0 Å². The Morgan fingerprint density at radius 3 is 2.27 bits per heavy atom. The van der Waals surface area contributed by atoms with Gasteiger partial charge in [-0.2, -0.15) is 8.42 Å².